The number of allylic oxidation sites excluding steroid dienone is 4. The van der Waals surface area contributed by atoms with Crippen LogP contribution < -0.4 is 0 Å². The lowest BCUT2D eigenvalue weighted by Crippen LogP contribution is -2.36. The van der Waals surface area contributed by atoms with Crippen molar-refractivity contribution in [1.29, 1.82) is 0 Å². The number of fused-ring (bicyclic) bond motifs is 11. The molecule has 5 heterocycles. The van der Waals surface area contributed by atoms with E-state index in [1.807, 2.05) is 6.92 Å². The van der Waals surface area contributed by atoms with Gasteiger partial charge in [-0.05, 0) is 115 Å². The standard InChI is InChI=1S/C42H50N4O4/c1-10-23-24(11-2)32-20-34-27(14-5)28(15-6)36(45-34)22-38-42(16-7)30(18-17-29(40(47)49-8)39(42)41(48)50-9)37(46-38)21-35-26(13-4)25(12-3)33(44-35)19-31(23)43-32/h18-22,44-45H,10-17H2,1-9H3. The summed E-state index contributed by atoms with van der Waals surface area (Å²) in [5.41, 5.74) is 15.5. The first-order chi connectivity index (χ1) is 24.2. The van der Waals surface area contributed by atoms with Crippen molar-refractivity contribution in [2.24, 2.45) is 0 Å². The average Bonchev–Trinajstić information content (AvgIpc) is 3.84. The van der Waals surface area contributed by atoms with Crippen molar-refractivity contribution in [2.45, 2.75) is 105 Å². The zero-order valence-electron chi connectivity index (χ0n) is 31.1. The number of methoxy groups -OCH3 is 2. The van der Waals surface area contributed by atoms with Gasteiger partial charge in [-0.15, -0.1) is 0 Å². The van der Waals surface area contributed by atoms with Crippen molar-refractivity contribution >= 4 is 50.7 Å². The van der Waals surface area contributed by atoms with E-state index < -0.39 is 17.4 Å². The Labute approximate surface area is 295 Å². The van der Waals surface area contributed by atoms with Crippen molar-refractivity contribution in [2.75, 3.05) is 14.2 Å². The molecule has 0 amide bonds. The lowest BCUT2D eigenvalue weighted by atomic mass is 9.65. The van der Waals surface area contributed by atoms with Gasteiger partial charge in [-0.1, -0.05) is 54.5 Å². The molecular weight excluding hydrogens is 624 g/mol. The Kier molecular flexibility index (Phi) is 9.75. The summed E-state index contributed by atoms with van der Waals surface area (Å²) in [6.45, 7) is 15.2. The van der Waals surface area contributed by atoms with Crippen molar-refractivity contribution < 1.29 is 19.1 Å². The van der Waals surface area contributed by atoms with Crippen LogP contribution >= 0.6 is 0 Å². The molecule has 3 aromatic heterocycles. The summed E-state index contributed by atoms with van der Waals surface area (Å²) < 4.78 is 10.6. The number of ether oxygens (including phenoxy) is 2. The number of hydrogen-bond donors (Lipinski definition) is 2. The fraction of sp³-hybridized carbons (Fsp3) is 0.429. The van der Waals surface area contributed by atoms with Gasteiger partial charge in [-0.25, -0.2) is 14.6 Å². The van der Waals surface area contributed by atoms with Gasteiger partial charge in [0.1, 0.15) is 0 Å². The monoisotopic (exact) mass is 674 g/mol. The number of aryl methyl sites for hydroxylation is 4. The summed E-state index contributed by atoms with van der Waals surface area (Å²) in [7, 11) is 2.71. The molecule has 0 saturated heterocycles. The van der Waals surface area contributed by atoms with Gasteiger partial charge in [0.15, 0.2) is 0 Å². The number of carbonyl (C=O) groups is 2. The maximum Gasteiger partial charge on any atom is 0.335 e. The molecule has 0 saturated carbocycles. The Bertz CT molecular complexity index is 2160. The highest BCUT2D eigenvalue weighted by molar-refractivity contribution is 6.08. The molecule has 0 radical (unpaired) electrons. The first-order valence-corrected chi connectivity index (χ1v) is 18.3. The molecule has 3 aromatic rings. The summed E-state index contributed by atoms with van der Waals surface area (Å²) in [5.74, 6) is -1.08. The lowest BCUT2D eigenvalue weighted by molar-refractivity contribution is -0.140. The summed E-state index contributed by atoms with van der Waals surface area (Å²) in [6, 6.07) is 8.67. The second-order valence-corrected chi connectivity index (χ2v) is 13.2. The van der Waals surface area contributed by atoms with E-state index in [1.54, 1.807) is 0 Å². The number of carbonyl (C=O) groups excluding carboxylic acids is 2. The minimum absolute atomic E-state index is 0.241. The van der Waals surface area contributed by atoms with Crippen LogP contribution in [-0.2, 0) is 50.2 Å². The van der Waals surface area contributed by atoms with Gasteiger partial charge in [-0.3, -0.25) is 4.98 Å². The minimum atomic E-state index is -1.02. The summed E-state index contributed by atoms with van der Waals surface area (Å²) in [4.78, 5) is 45.3. The molecule has 8 heteroatoms. The normalized spacial score (nSPS) is 17.2. The third-order valence-electron chi connectivity index (χ3n) is 11.0. The number of esters is 2. The molecule has 0 aromatic carbocycles. The maximum atomic E-state index is 13.9. The van der Waals surface area contributed by atoms with E-state index in [9.17, 15) is 9.59 Å². The van der Waals surface area contributed by atoms with Gasteiger partial charge in [0, 0.05) is 22.1 Å². The topological polar surface area (TPSA) is 110 Å². The predicted molar refractivity (Wildman–Crippen MR) is 202 cm³/mol. The molecule has 262 valence electrons. The third kappa shape index (κ3) is 5.26. The number of H-pyrrole nitrogens is 2. The molecule has 2 aliphatic heterocycles. The van der Waals surface area contributed by atoms with Crippen molar-refractivity contribution in [3.8, 4) is 0 Å². The van der Waals surface area contributed by atoms with Crippen LogP contribution in [0.5, 0.6) is 0 Å². The number of rotatable bonds is 9. The van der Waals surface area contributed by atoms with Crippen LogP contribution in [-0.4, -0.2) is 46.1 Å². The number of aromatic nitrogens is 4. The largest absolute Gasteiger partial charge is 0.466 e. The van der Waals surface area contributed by atoms with Gasteiger partial charge in [0.2, 0.25) is 0 Å². The zero-order chi connectivity index (χ0) is 35.9. The lowest BCUT2D eigenvalue weighted by Gasteiger charge is -2.35. The van der Waals surface area contributed by atoms with Crippen LogP contribution in [0.1, 0.15) is 119 Å². The highest BCUT2D eigenvalue weighted by atomic mass is 16.5. The third-order valence-corrected chi connectivity index (χ3v) is 11.0. The highest BCUT2D eigenvalue weighted by Gasteiger charge is 2.51. The first kappa shape index (κ1) is 35.1. The SMILES string of the molecule is CCC1=C(CC)c2cc3[nH]c(cc4nc(cc5[nH]c(cc1n2)c(CC)c5CC)C1=CCC(C(=O)OC)=C(C(=O)OC)C14CC)c(CC)c3CC. The second-order valence-electron chi connectivity index (χ2n) is 13.2. The van der Waals surface area contributed by atoms with Crippen molar-refractivity contribution in [1.82, 2.24) is 19.9 Å². The molecule has 8 bridgehead atoms. The van der Waals surface area contributed by atoms with E-state index in [4.69, 9.17) is 19.4 Å². The average molecular weight is 675 g/mol. The van der Waals surface area contributed by atoms with Gasteiger partial charge in [-0.2, -0.15) is 0 Å². The number of nitrogens with one attached hydrogen (secondary N) is 2. The summed E-state index contributed by atoms with van der Waals surface area (Å²) in [6.07, 6.45) is 7.92. The molecule has 2 N–H and O–H groups in total. The minimum Gasteiger partial charge on any atom is -0.466 e. The van der Waals surface area contributed by atoms with E-state index in [0.717, 1.165) is 83.2 Å². The Balaban J connectivity index is 1.86. The van der Waals surface area contributed by atoms with Gasteiger partial charge in [0.25, 0.3) is 0 Å². The molecule has 1 atom stereocenters. The molecule has 1 aliphatic carbocycles. The molecular formula is C42H50N4O4. The van der Waals surface area contributed by atoms with Gasteiger partial charge < -0.3 is 19.4 Å². The van der Waals surface area contributed by atoms with E-state index in [-0.39, 0.29) is 6.42 Å². The molecule has 1 unspecified atom stereocenters. The van der Waals surface area contributed by atoms with Crippen LogP contribution in [0.3, 0.4) is 0 Å². The van der Waals surface area contributed by atoms with Crippen LogP contribution in [0, 0.1) is 0 Å². The van der Waals surface area contributed by atoms with Gasteiger partial charge in [0.05, 0.1) is 53.6 Å². The molecule has 0 fully saturated rings. The molecule has 0 spiro atoms. The molecule has 8 nitrogen and oxygen atoms in total. The van der Waals surface area contributed by atoms with Crippen LogP contribution in [0.25, 0.3) is 38.8 Å². The zero-order valence-corrected chi connectivity index (χ0v) is 31.1. The van der Waals surface area contributed by atoms with E-state index in [1.165, 1.54) is 47.6 Å². The number of aromatic amines is 2. The Morgan fingerprint density at radius 3 is 1.52 bits per heavy atom. The van der Waals surface area contributed by atoms with Gasteiger partial charge >= 0.3 is 11.9 Å². The number of hydrogen-bond acceptors (Lipinski definition) is 6. The molecule has 50 heavy (non-hydrogen) atoms. The fourth-order valence-electron chi connectivity index (χ4n) is 8.77. The second kappa shape index (κ2) is 13.9. The quantitative estimate of drug-likeness (QED) is 0.219. The molecule has 3 aliphatic rings. The van der Waals surface area contributed by atoms with E-state index in [0.29, 0.717) is 23.3 Å². The highest BCUT2D eigenvalue weighted by Crippen LogP contribution is 2.54. The maximum absolute atomic E-state index is 13.9. The smallest absolute Gasteiger partial charge is 0.335 e. The first-order valence-electron chi connectivity index (χ1n) is 18.3. The number of nitrogens with zero attached hydrogens (tertiary/aromatic N) is 2. The summed E-state index contributed by atoms with van der Waals surface area (Å²) >= 11 is 0. The van der Waals surface area contributed by atoms with Crippen molar-refractivity contribution in [3.05, 3.63) is 86.5 Å². The van der Waals surface area contributed by atoms with Crippen LogP contribution in [0.15, 0.2) is 41.5 Å². The Morgan fingerprint density at radius 2 is 1.10 bits per heavy atom. The van der Waals surface area contributed by atoms with Crippen molar-refractivity contribution in [3.63, 3.8) is 0 Å². The van der Waals surface area contributed by atoms with Crippen LogP contribution in [0.4, 0.5) is 0 Å². The fourth-order valence-corrected chi connectivity index (χ4v) is 8.77. The predicted octanol–water partition coefficient (Wildman–Crippen LogP) is 9.07. The summed E-state index contributed by atoms with van der Waals surface area (Å²) in [5, 5.41) is 0. The van der Waals surface area contributed by atoms with Crippen LogP contribution in [0.2, 0.25) is 0 Å². The molecule has 6 rings (SSSR count). The van der Waals surface area contributed by atoms with E-state index in [2.05, 4.69) is 81.9 Å². The Morgan fingerprint density at radius 1 is 0.640 bits per heavy atom. The van der Waals surface area contributed by atoms with E-state index >= 15 is 0 Å². The Hall–Kier alpha value is -4.72.